The maximum absolute atomic E-state index is 13.4. The number of benzene rings is 2. The number of allylic oxidation sites excluding steroid dienone is 4. The summed E-state index contributed by atoms with van der Waals surface area (Å²) >= 11 is 0. The summed E-state index contributed by atoms with van der Waals surface area (Å²) in [5.41, 5.74) is 6.88. The molecule has 3 nitrogen and oxygen atoms in total. The van der Waals surface area contributed by atoms with E-state index in [-0.39, 0.29) is 17.5 Å². The van der Waals surface area contributed by atoms with Crippen molar-refractivity contribution in [2.75, 3.05) is 6.61 Å². The van der Waals surface area contributed by atoms with Gasteiger partial charge in [-0.25, -0.2) is 0 Å². The number of rotatable bonds is 6. The largest absolute Gasteiger partial charge is 0.494 e. The molecule has 0 aliphatic heterocycles. The van der Waals surface area contributed by atoms with Gasteiger partial charge >= 0.3 is 0 Å². The average Bonchev–Trinajstić information content (AvgIpc) is 3.08. The summed E-state index contributed by atoms with van der Waals surface area (Å²) < 4.78 is 5.88. The molecule has 3 heteroatoms. The number of carbonyl (C=O) groups excluding carboxylic acids is 2. The van der Waals surface area contributed by atoms with Crippen molar-refractivity contribution in [3.63, 3.8) is 0 Å². The second kappa shape index (κ2) is 8.30. The van der Waals surface area contributed by atoms with Crippen molar-refractivity contribution in [1.29, 1.82) is 0 Å². The van der Waals surface area contributed by atoms with E-state index in [1.165, 1.54) is 18.4 Å². The Hall–Kier alpha value is -2.94. The van der Waals surface area contributed by atoms with Gasteiger partial charge in [-0.15, -0.1) is 0 Å². The minimum absolute atomic E-state index is 0.0837. The van der Waals surface area contributed by atoms with Gasteiger partial charge in [0.2, 0.25) is 0 Å². The highest BCUT2D eigenvalue weighted by atomic mass is 16.5. The van der Waals surface area contributed by atoms with Crippen LogP contribution < -0.4 is 4.74 Å². The normalized spacial score (nSPS) is 20.0. The first-order valence-corrected chi connectivity index (χ1v) is 11.5. The van der Waals surface area contributed by atoms with E-state index >= 15 is 0 Å². The first-order valence-electron chi connectivity index (χ1n) is 11.5. The Labute approximate surface area is 183 Å². The Kier molecular flexibility index (Phi) is 5.35. The summed E-state index contributed by atoms with van der Waals surface area (Å²) in [5, 5.41) is 0. The first kappa shape index (κ1) is 20.0. The molecule has 0 N–H and O–H groups in total. The van der Waals surface area contributed by atoms with Gasteiger partial charge < -0.3 is 4.74 Å². The molecule has 3 aliphatic rings. The van der Waals surface area contributed by atoms with Crippen LogP contribution in [0.3, 0.4) is 0 Å². The topological polar surface area (TPSA) is 43.4 Å². The van der Waals surface area contributed by atoms with E-state index in [9.17, 15) is 9.59 Å². The lowest BCUT2D eigenvalue weighted by Gasteiger charge is -2.32. The average molecular weight is 413 g/mol. The molecular weight excluding hydrogens is 384 g/mol. The number of ketones is 2. The van der Waals surface area contributed by atoms with Crippen molar-refractivity contribution >= 4 is 17.1 Å². The molecule has 158 valence electrons. The van der Waals surface area contributed by atoms with Gasteiger partial charge in [-0.2, -0.15) is 0 Å². The second-order valence-electron chi connectivity index (χ2n) is 8.80. The highest BCUT2D eigenvalue weighted by Crippen LogP contribution is 2.52. The smallest absolute Gasteiger partial charge is 0.190 e. The van der Waals surface area contributed by atoms with Crippen LogP contribution in [0.1, 0.15) is 79.3 Å². The number of Topliss-reactive ketones (excluding diaryl/α,β-unsaturated/α-hetero) is 2. The maximum atomic E-state index is 13.4. The van der Waals surface area contributed by atoms with Gasteiger partial charge in [0.1, 0.15) is 5.75 Å². The fourth-order valence-electron chi connectivity index (χ4n) is 5.33. The fourth-order valence-corrected chi connectivity index (χ4v) is 5.33. The van der Waals surface area contributed by atoms with Gasteiger partial charge in [0.25, 0.3) is 0 Å². The van der Waals surface area contributed by atoms with E-state index in [2.05, 4.69) is 13.0 Å². The Balaban J connectivity index is 1.53. The Bertz CT molecular complexity index is 1100. The molecule has 0 heterocycles. The van der Waals surface area contributed by atoms with E-state index in [1.54, 1.807) is 0 Å². The van der Waals surface area contributed by atoms with Crippen LogP contribution in [0.15, 0.2) is 65.3 Å². The number of ether oxygens (including phenoxy) is 1. The molecule has 0 aromatic heterocycles. The van der Waals surface area contributed by atoms with Crippen molar-refractivity contribution in [3.05, 3.63) is 81.9 Å². The zero-order chi connectivity index (χ0) is 21.4. The monoisotopic (exact) mass is 412 g/mol. The molecule has 1 unspecified atom stereocenters. The van der Waals surface area contributed by atoms with Gasteiger partial charge in [-0.1, -0.05) is 61.7 Å². The number of hydrogen-bond donors (Lipinski definition) is 0. The van der Waals surface area contributed by atoms with Crippen LogP contribution in [0.5, 0.6) is 5.75 Å². The van der Waals surface area contributed by atoms with Crippen molar-refractivity contribution in [2.45, 2.75) is 57.8 Å². The van der Waals surface area contributed by atoms with Gasteiger partial charge in [0, 0.05) is 29.0 Å². The molecule has 31 heavy (non-hydrogen) atoms. The van der Waals surface area contributed by atoms with Crippen LogP contribution >= 0.6 is 0 Å². The summed E-state index contributed by atoms with van der Waals surface area (Å²) in [7, 11) is 0. The predicted molar refractivity (Wildman–Crippen MR) is 122 cm³/mol. The summed E-state index contributed by atoms with van der Waals surface area (Å²) in [4.78, 5) is 26.5. The molecule has 1 atom stereocenters. The number of carbonyl (C=O) groups is 2. The summed E-state index contributed by atoms with van der Waals surface area (Å²) in [6.07, 6.45) is 6.55. The van der Waals surface area contributed by atoms with Gasteiger partial charge in [-0.3, -0.25) is 9.59 Å². The molecule has 0 radical (unpaired) electrons. The molecule has 2 aromatic carbocycles. The molecule has 0 amide bonds. The highest BCUT2D eigenvalue weighted by Gasteiger charge is 2.43. The third kappa shape index (κ3) is 3.46. The third-order valence-corrected chi connectivity index (χ3v) is 6.83. The van der Waals surface area contributed by atoms with E-state index in [4.69, 9.17) is 4.74 Å². The Morgan fingerprint density at radius 1 is 0.903 bits per heavy atom. The molecule has 3 aliphatic carbocycles. The molecule has 0 fully saturated rings. The van der Waals surface area contributed by atoms with Crippen LogP contribution in [0, 0.1) is 0 Å². The van der Waals surface area contributed by atoms with E-state index in [0.29, 0.717) is 13.0 Å². The van der Waals surface area contributed by atoms with Crippen molar-refractivity contribution < 1.29 is 14.3 Å². The molecular formula is C28H28O3. The van der Waals surface area contributed by atoms with Crippen molar-refractivity contribution in [1.82, 2.24) is 0 Å². The molecule has 5 rings (SSSR count). The number of hydrogen-bond acceptors (Lipinski definition) is 3. The SMILES string of the molecule is CCCCCOc1ccc(C2C3=C(CCCC3=O)CC3=C2C(=O)c2ccccc23)cc1. The van der Waals surface area contributed by atoms with E-state index in [0.717, 1.165) is 64.8 Å². The fraction of sp³-hybridized carbons (Fsp3) is 0.357. The van der Waals surface area contributed by atoms with Crippen molar-refractivity contribution in [3.8, 4) is 5.75 Å². The zero-order valence-corrected chi connectivity index (χ0v) is 18.1. The highest BCUT2D eigenvalue weighted by molar-refractivity contribution is 6.23. The standard InChI is InChI=1S/C28H28O3/c1-2-3-6-16-31-20-14-12-18(13-15-20)26-25-19(8-7-11-24(25)29)17-23-21-9-4-5-10-22(21)28(30)27(23)26/h4-5,9-10,12-15,26H,2-3,6-8,11,16-17H2,1H3. The first-order chi connectivity index (χ1) is 15.2. The minimum Gasteiger partial charge on any atom is -0.494 e. The lowest BCUT2D eigenvalue weighted by Crippen LogP contribution is -2.25. The zero-order valence-electron chi connectivity index (χ0n) is 18.1. The lowest BCUT2D eigenvalue weighted by atomic mass is 9.69. The summed E-state index contributed by atoms with van der Waals surface area (Å²) in [5.74, 6) is 0.873. The molecule has 2 aromatic rings. The summed E-state index contributed by atoms with van der Waals surface area (Å²) in [6, 6.07) is 15.9. The Morgan fingerprint density at radius 3 is 2.45 bits per heavy atom. The predicted octanol–water partition coefficient (Wildman–Crippen LogP) is 6.44. The number of unbranched alkanes of at least 4 members (excludes halogenated alkanes) is 2. The van der Waals surface area contributed by atoms with Crippen LogP contribution in [-0.4, -0.2) is 18.2 Å². The second-order valence-corrected chi connectivity index (χ2v) is 8.80. The van der Waals surface area contributed by atoms with Crippen molar-refractivity contribution in [2.24, 2.45) is 0 Å². The van der Waals surface area contributed by atoms with Gasteiger partial charge in [-0.05, 0) is 54.5 Å². The quantitative estimate of drug-likeness (QED) is 0.513. The van der Waals surface area contributed by atoms with Crippen LogP contribution in [0.4, 0.5) is 0 Å². The number of fused-ring (bicyclic) bond motifs is 2. The maximum Gasteiger partial charge on any atom is 0.190 e. The van der Waals surface area contributed by atoms with Crippen LogP contribution in [-0.2, 0) is 4.79 Å². The van der Waals surface area contributed by atoms with E-state index < -0.39 is 0 Å². The van der Waals surface area contributed by atoms with Crippen LogP contribution in [0.25, 0.3) is 5.57 Å². The van der Waals surface area contributed by atoms with Crippen LogP contribution in [0.2, 0.25) is 0 Å². The minimum atomic E-state index is -0.263. The molecule has 0 saturated carbocycles. The molecule has 0 saturated heterocycles. The molecule has 0 spiro atoms. The lowest BCUT2D eigenvalue weighted by molar-refractivity contribution is -0.116. The molecule has 0 bridgehead atoms. The van der Waals surface area contributed by atoms with E-state index in [1.807, 2.05) is 42.5 Å². The third-order valence-electron chi connectivity index (χ3n) is 6.83. The summed E-state index contributed by atoms with van der Waals surface area (Å²) in [6.45, 7) is 2.90. The van der Waals surface area contributed by atoms with Gasteiger partial charge in [0.15, 0.2) is 11.6 Å². The Morgan fingerprint density at radius 2 is 1.68 bits per heavy atom. The van der Waals surface area contributed by atoms with Gasteiger partial charge in [0.05, 0.1) is 6.61 Å².